The zero-order valence-electron chi connectivity index (χ0n) is 16.3. The largest absolute Gasteiger partial charge is 0.342 e. The van der Waals surface area contributed by atoms with Gasteiger partial charge in [0.15, 0.2) is 9.84 Å². The van der Waals surface area contributed by atoms with Gasteiger partial charge in [0, 0.05) is 31.6 Å². The van der Waals surface area contributed by atoms with Gasteiger partial charge in [-0.1, -0.05) is 37.5 Å². The number of hydrogen-bond donors (Lipinski definition) is 0. The molecule has 1 aliphatic heterocycles. The van der Waals surface area contributed by atoms with Crippen LogP contribution in [0.25, 0.3) is 0 Å². The van der Waals surface area contributed by atoms with E-state index in [-0.39, 0.29) is 18.2 Å². The van der Waals surface area contributed by atoms with Crippen molar-refractivity contribution < 1.29 is 13.2 Å². The fourth-order valence-corrected chi connectivity index (χ4v) is 5.70. The number of rotatable bonds is 6. The molecule has 2 fully saturated rings. The minimum absolute atomic E-state index is 0.00805. The van der Waals surface area contributed by atoms with Gasteiger partial charge in [0.2, 0.25) is 5.91 Å². The number of hydrogen-bond acceptors (Lipinski definition) is 4. The first-order valence-electron chi connectivity index (χ1n) is 10.2. The highest BCUT2D eigenvalue weighted by Crippen LogP contribution is 2.26. The average Bonchev–Trinajstić information content (AvgIpc) is 2.89. The molecule has 27 heavy (non-hydrogen) atoms. The summed E-state index contributed by atoms with van der Waals surface area (Å²) in [6.07, 6.45) is 8.83. The summed E-state index contributed by atoms with van der Waals surface area (Å²) in [4.78, 5) is 17.1. The third kappa shape index (κ3) is 5.32. The highest BCUT2D eigenvalue weighted by atomic mass is 32.2. The van der Waals surface area contributed by atoms with Crippen LogP contribution in [0, 0.1) is 0 Å². The van der Waals surface area contributed by atoms with Gasteiger partial charge in [0.05, 0.1) is 10.6 Å². The maximum atomic E-state index is 12.5. The van der Waals surface area contributed by atoms with Crippen LogP contribution < -0.4 is 0 Å². The second-order valence-electron chi connectivity index (χ2n) is 7.95. The second-order valence-corrected chi connectivity index (χ2v) is 10.1. The summed E-state index contributed by atoms with van der Waals surface area (Å²) in [5, 5.41) is 0. The van der Waals surface area contributed by atoms with Crippen molar-refractivity contribution in [3.8, 4) is 0 Å². The summed E-state index contributed by atoms with van der Waals surface area (Å²) in [5.41, 5.74) is 0. The summed E-state index contributed by atoms with van der Waals surface area (Å²) in [5.74, 6) is 0.0871. The van der Waals surface area contributed by atoms with Crippen molar-refractivity contribution >= 4 is 15.7 Å². The molecule has 6 heteroatoms. The molecule has 1 aromatic carbocycles. The Morgan fingerprint density at radius 3 is 2.37 bits per heavy atom. The van der Waals surface area contributed by atoms with E-state index in [9.17, 15) is 13.2 Å². The molecule has 1 amide bonds. The predicted molar refractivity (Wildman–Crippen MR) is 107 cm³/mol. The normalized spacial score (nSPS) is 22.8. The lowest BCUT2D eigenvalue weighted by Crippen LogP contribution is -2.42. The lowest BCUT2D eigenvalue weighted by Gasteiger charge is -2.36. The molecule has 0 bridgehead atoms. The molecule has 0 radical (unpaired) electrons. The van der Waals surface area contributed by atoms with E-state index in [4.69, 9.17) is 0 Å². The van der Waals surface area contributed by atoms with Gasteiger partial charge in [0.1, 0.15) is 0 Å². The number of sulfone groups is 1. The molecule has 1 aromatic rings. The van der Waals surface area contributed by atoms with Crippen LogP contribution in [-0.2, 0) is 14.6 Å². The van der Waals surface area contributed by atoms with Crippen LogP contribution in [0.15, 0.2) is 35.2 Å². The van der Waals surface area contributed by atoms with Gasteiger partial charge in [-0.25, -0.2) is 8.42 Å². The standard InChI is InChI=1S/C21H32N2O3S/c1-22(18-8-4-2-5-9-18)19-12-13-21(24)23(15-14-19)16-17-27(25,26)20-10-6-3-7-11-20/h3,6-7,10-11,18-19H,2,4-5,8-9,12-17H2,1H3. The summed E-state index contributed by atoms with van der Waals surface area (Å²) < 4.78 is 25.0. The van der Waals surface area contributed by atoms with Crippen LogP contribution in [-0.4, -0.2) is 62.1 Å². The summed E-state index contributed by atoms with van der Waals surface area (Å²) in [7, 11) is -1.14. The number of carbonyl (C=O) groups excluding carboxylic acids is 1. The van der Waals surface area contributed by atoms with E-state index in [1.807, 2.05) is 0 Å². The predicted octanol–water partition coefficient (Wildman–Crippen LogP) is 3.11. The van der Waals surface area contributed by atoms with Gasteiger partial charge in [-0.05, 0) is 44.9 Å². The number of amides is 1. The van der Waals surface area contributed by atoms with Crippen LogP contribution in [0.4, 0.5) is 0 Å². The molecule has 1 saturated heterocycles. The molecular formula is C21H32N2O3S. The fourth-order valence-electron chi connectivity index (χ4n) is 4.43. The Hall–Kier alpha value is -1.40. The van der Waals surface area contributed by atoms with E-state index in [0.717, 1.165) is 12.8 Å². The minimum atomic E-state index is -3.35. The SMILES string of the molecule is CN(C1CCCCC1)C1CCC(=O)N(CCS(=O)(=O)c2ccccc2)CC1. The highest BCUT2D eigenvalue weighted by molar-refractivity contribution is 7.91. The Kier molecular flexibility index (Phi) is 6.93. The van der Waals surface area contributed by atoms with Crippen molar-refractivity contribution in [1.29, 1.82) is 0 Å². The van der Waals surface area contributed by atoms with E-state index in [1.165, 1.54) is 32.1 Å². The van der Waals surface area contributed by atoms with E-state index in [1.54, 1.807) is 35.2 Å². The Bertz CT molecular complexity index is 714. The topological polar surface area (TPSA) is 57.7 Å². The van der Waals surface area contributed by atoms with Crippen molar-refractivity contribution in [3.05, 3.63) is 30.3 Å². The Labute approximate surface area is 163 Å². The van der Waals surface area contributed by atoms with Crippen LogP contribution in [0.2, 0.25) is 0 Å². The highest BCUT2D eigenvalue weighted by Gasteiger charge is 2.29. The maximum Gasteiger partial charge on any atom is 0.222 e. The number of nitrogens with zero attached hydrogens (tertiary/aromatic N) is 2. The quantitative estimate of drug-likeness (QED) is 0.746. The van der Waals surface area contributed by atoms with Crippen LogP contribution in [0.5, 0.6) is 0 Å². The molecule has 0 spiro atoms. The Morgan fingerprint density at radius 1 is 1.00 bits per heavy atom. The monoisotopic (exact) mass is 392 g/mol. The lowest BCUT2D eigenvalue weighted by atomic mass is 9.92. The molecule has 1 saturated carbocycles. The first-order chi connectivity index (χ1) is 13.0. The number of carbonyl (C=O) groups is 1. The van der Waals surface area contributed by atoms with Crippen molar-refractivity contribution in [2.45, 2.75) is 68.3 Å². The summed E-state index contributed by atoms with van der Waals surface area (Å²) in [6.45, 7) is 0.945. The zero-order chi connectivity index (χ0) is 19.3. The molecule has 1 atom stereocenters. The smallest absolute Gasteiger partial charge is 0.222 e. The molecule has 0 aromatic heterocycles. The molecule has 1 heterocycles. The minimum Gasteiger partial charge on any atom is -0.342 e. The molecule has 2 aliphatic rings. The van der Waals surface area contributed by atoms with Crippen LogP contribution in [0.3, 0.4) is 0 Å². The first kappa shape index (κ1) is 20.3. The van der Waals surface area contributed by atoms with Crippen molar-refractivity contribution in [3.63, 3.8) is 0 Å². The van der Waals surface area contributed by atoms with Crippen molar-refractivity contribution in [2.75, 3.05) is 25.9 Å². The van der Waals surface area contributed by atoms with Crippen molar-refractivity contribution in [1.82, 2.24) is 9.80 Å². The number of benzene rings is 1. The van der Waals surface area contributed by atoms with Gasteiger partial charge in [-0.15, -0.1) is 0 Å². The third-order valence-corrected chi connectivity index (χ3v) is 7.95. The van der Waals surface area contributed by atoms with Gasteiger partial charge < -0.3 is 9.80 Å². The first-order valence-corrected chi connectivity index (χ1v) is 11.9. The van der Waals surface area contributed by atoms with E-state index in [2.05, 4.69) is 11.9 Å². The van der Waals surface area contributed by atoms with E-state index >= 15 is 0 Å². The molecule has 150 valence electrons. The fraction of sp³-hybridized carbons (Fsp3) is 0.667. The molecular weight excluding hydrogens is 360 g/mol. The van der Waals surface area contributed by atoms with E-state index in [0.29, 0.717) is 29.9 Å². The van der Waals surface area contributed by atoms with E-state index < -0.39 is 9.84 Å². The molecule has 0 N–H and O–H groups in total. The van der Waals surface area contributed by atoms with Gasteiger partial charge in [0.25, 0.3) is 0 Å². The molecule has 1 aliphatic carbocycles. The Balaban J connectivity index is 1.56. The van der Waals surface area contributed by atoms with Crippen LogP contribution >= 0.6 is 0 Å². The summed E-state index contributed by atoms with van der Waals surface area (Å²) >= 11 is 0. The van der Waals surface area contributed by atoms with Gasteiger partial charge in [-0.3, -0.25) is 4.79 Å². The maximum absolute atomic E-state index is 12.5. The third-order valence-electron chi connectivity index (χ3n) is 6.24. The molecule has 1 unspecified atom stereocenters. The number of likely N-dealkylation sites (tertiary alicyclic amines) is 1. The van der Waals surface area contributed by atoms with Crippen LogP contribution in [0.1, 0.15) is 51.4 Å². The zero-order valence-corrected chi connectivity index (χ0v) is 17.2. The van der Waals surface area contributed by atoms with Gasteiger partial charge >= 0.3 is 0 Å². The molecule has 5 nitrogen and oxygen atoms in total. The summed E-state index contributed by atoms with van der Waals surface area (Å²) in [6, 6.07) is 9.58. The lowest BCUT2D eigenvalue weighted by molar-refractivity contribution is -0.130. The average molecular weight is 393 g/mol. The van der Waals surface area contributed by atoms with Crippen molar-refractivity contribution in [2.24, 2.45) is 0 Å². The second kappa shape index (κ2) is 9.20. The van der Waals surface area contributed by atoms with Gasteiger partial charge in [-0.2, -0.15) is 0 Å². The Morgan fingerprint density at radius 2 is 1.67 bits per heavy atom. The molecule has 3 rings (SSSR count).